The van der Waals surface area contributed by atoms with Crippen LogP contribution in [-0.4, -0.2) is 16.8 Å². The molecule has 0 fully saturated rings. The number of ketones is 1. The highest BCUT2D eigenvalue weighted by atomic mass is 32.1. The molecule has 0 bridgehead atoms. The predicted octanol–water partition coefficient (Wildman–Crippen LogP) is 3.75. The van der Waals surface area contributed by atoms with Crippen molar-refractivity contribution in [3.8, 4) is 0 Å². The van der Waals surface area contributed by atoms with Crippen molar-refractivity contribution in [2.24, 2.45) is 0 Å². The van der Waals surface area contributed by atoms with Crippen molar-refractivity contribution < 1.29 is 18.0 Å². The molecule has 25 heavy (non-hydrogen) atoms. The van der Waals surface area contributed by atoms with Gasteiger partial charge in [0.1, 0.15) is 4.99 Å². The van der Waals surface area contributed by atoms with Gasteiger partial charge in [0.2, 0.25) is 0 Å². The zero-order valence-electron chi connectivity index (χ0n) is 13.4. The Labute approximate surface area is 149 Å². The molecule has 0 spiro atoms. The summed E-state index contributed by atoms with van der Waals surface area (Å²) in [6.07, 6.45) is -4.23. The Kier molecular flexibility index (Phi) is 5.79. The Bertz CT molecular complexity index is 773. The summed E-state index contributed by atoms with van der Waals surface area (Å²) in [4.78, 5) is 11.8. The topological polar surface area (TPSA) is 55.1 Å². The van der Waals surface area contributed by atoms with E-state index in [9.17, 15) is 18.0 Å². The van der Waals surface area contributed by atoms with Crippen LogP contribution in [0.15, 0.2) is 48.5 Å². The highest BCUT2D eigenvalue weighted by molar-refractivity contribution is 7.80. The number of nitrogen functional groups attached to an aromatic ring is 1. The van der Waals surface area contributed by atoms with E-state index in [2.05, 4.69) is 5.32 Å². The van der Waals surface area contributed by atoms with Crippen LogP contribution in [0.3, 0.4) is 0 Å². The van der Waals surface area contributed by atoms with Crippen molar-refractivity contribution in [1.29, 1.82) is 0 Å². The minimum absolute atomic E-state index is 0.108. The summed E-state index contributed by atoms with van der Waals surface area (Å²) in [5, 5.41) is 2.76. The van der Waals surface area contributed by atoms with Gasteiger partial charge in [-0.25, -0.2) is 0 Å². The van der Waals surface area contributed by atoms with Gasteiger partial charge >= 0.3 is 6.18 Å². The minimum Gasteiger partial charge on any atom is -0.399 e. The summed E-state index contributed by atoms with van der Waals surface area (Å²) in [7, 11) is 0. The van der Waals surface area contributed by atoms with E-state index in [1.165, 1.54) is 25.1 Å². The number of anilines is 1. The van der Waals surface area contributed by atoms with Gasteiger partial charge in [-0.1, -0.05) is 42.5 Å². The Hall–Kier alpha value is -2.41. The molecule has 0 radical (unpaired) electrons. The van der Waals surface area contributed by atoms with E-state index in [0.717, 1.165) is 11.6 Å². The molecule has 0 aliphatic rings. The molecule has 132 valence electrons. The Balaban J connectivity index is 2.21. The molecule has 0 aliphatic carbocycles. The summed E-state index contributed by atoms with van der Waals surface area (Å²) < 4.78 is 39.4. The first kappa shape index (κ1) is 18.9. The summed E-state index contributed by atoms with van der Waals surface area (Å²) in [6, 6.07) is 11.2. The molecule has 0 saturated heterocycles. The van der Waals surface area contributed by atoms with E-state index in [1.54, 1.807) is 24.3 Å². The molecule has 3 nitrogen and oxygen atoms in total. The Morgan fingerprint density at radius 3 is 2.32 bits per heavy atom. The van der Waals surface area contributed by atoms with Crippen LogP contribution in [-0.2, 0) is 17.4 Å². The molecule has 7 heteroatoms. The molecular weight excluding hydrogens is 349 g/mol. The number of thiocarbonyl (C=S) groups is 1. The molecule has 1 atom stereocenters. The fourth-order valence-electron chi connectivity index (χ4n) is 2.35. The van der Waals surface area contributed by atoms with Crippen LogP contribution in [0, 0.1) is 0 Å². The zero-order valence-corrected chi connectivity index (χ0v) is 14.2. The summed E-state index contributed by atoms with van der Waals surface area (Å²) >= 11 is 5.13. The largest absolute Gasteiger partial charge is 0.417 e. The van der Waals surface area contributed by atoms with Crippen molar-refractivity contribution >= 4 is 28.7 Å². The van der Waals surface area contributed by atoms with E-state index in [0.29, 0.717) is 12.1 Å². The third-order valence-corrected chi connectivity index (χ3v) is 4.03. The fourth-order valence-corrected chi connectivity index (χ4v) is 2.67. The van der Waals surface area contributed by atoms with Crippen molar-refractivity contribution in [3.63, 3.8) is 0 Å². The molecule has 0 aromatic heterocycles. The van der Waals surface area contributed by atoms with E-state index >= 15 is 0 Å². The van der Waals surface area contributed by atoms with Gasteiger partial charge in [-0.3, -0.25) is 4.79 Å². The smallest absolute Gasteiger partial charge is 0.399 e. The van der Waals surface area contributed by atoms with E-state index < -0.39 is 17.8 Å². The van der Waals surface area contributed by atoms with Crippen LogP contribution in [0.25, 0.3) is 0 Å². The predicted molar refractivity (Wildman–Crippen MR) is 95.3 cm³/mol. The molecule has 2 aromatic carbocycles. The van der Waals surface area contributed by atoms with E-state index in [-0.39, 0.29) is 16.3 Å². The first-order valence-electron chi connectivity index (χ1n) is 7.50. The van der Waals surface area contributed by atoms with Crippen molar-refractivity contribution in [3.05, 3.63) is 65.2 Å². The number of carbonyl (C=O) groups excluding carboxylic acids is 1. The summed E-state index contributed by atoms with van der Waals surface area (Å²) in [5.41, 5.74) is 6.06. The maximum absolute atomic E-state index is 13.1. The average molecular weight is 366 g/mol. The standard InChI is InChI=1S/C18H17F3N2OS/c1-11(24)16(10-12-6-8-13(22)9-7-12)23-17(25)14-4-2-3-5-15(14)18(19,20)21/h2-9,16H,10,22H2,1H3,(H,23,25). The first-order chi connectivity index (χ1) is 11.7. The fraction of sp³-hybridized carbons (Fsp3) is 0.222. The molecule has 0 amide bonds. The molecule has 0 heterocycles. The van der Waals surface area contributed by atoms with Gasteiger partial charge in [0.25, 0.3) is 0 Å². The van der Waals surface area contributed by atoms with Crippen LogP contribution >= 0.6 is 12.2 Å². The Morgan fingerprint density at radius 1 is 1.16 bits per heavy atom. The number of alkyl halides is 3. The quantitative estimate of drug-likeness (QED) is 0.625. The Morgan fingerprint density at radius 2 is 1.76 bits per heavy atom. The van der Waals surface area contributed by atoms with Gasteiger partial charge in [-0.15, -0.1) is 0 Å². The van der Waals surface area contributed by atoms with Crippen LogP contribution in [0.5, 0.6) is 0 Å². The van der Waals surface area contributed by atoms with Crippen LogP contribution in [0.2, 0.25) is 0 Å². The molecular formula is C18H17F3N2OS. The number of hydrogen-bond acceptors (Lipinski definition) is 3. The lowest BCUT2D eigenvalue weighted by Gasteiger charge is -2.20. The van der Waals surface area contributed by atoms with Crippen molar-refractivity contribution in [2.75, 3.05) is 5.73 Å². The van der Waals surface area contributed by atoms with Gasteiger partial charge in [-0.2, -0.15) is 13.2 Å². The second-order valence-electron chi connectivity index (χ2n) is 5.63. The highest BCUT2D eigenvalue weighted by Gasteiger charge is 2.34. The number of hydrogen-bond donors (Lipinski definition) is 2. The van der Waals surface area contributed by atoms with Crippen molar-refractivity contribution in [1.82, 2.24) is 5.32 Å². The highest BCUT2D eigenvalue weighted by Crippen LogP contribution is 2.32. The van der Waals surface area contributed by atoms with Crippen LogP contribution < -0.4 is 11.1 Å². The third-order valence-electron chi connectivity index (χ3n) is 3.69. The monoisotopic (exact) mass is 366 g/mol. The zero-order chi connectivity index (χ0) is 18.6. The van der Waals surface area contributed by atoms with Gasteiger partial charge in [0.05, 0.1) is 11.6 Å². The average Bonchev–Trinajstić information content (AvgIpc) is 2.55. The number of Topliss-reactive ketones (excluding diaryl/α,β-unsaturated/α-hetero) is 1. The van der Waals surface area contributed by atoms with Crippen LogP contribution in [0.1, 0.15) is 23.6 Å². The maximum Gasteiger partial charge on any atom is 0.417 e. The number of rotatable bonds is 5. The van der Waals surface area contributed by atoms with Gasteiger partial charge < -0.3 is 11.1 Å². The SMILES string of the molecule is CC(=O)C(Cc1ccc(N)cc1)NC(=S)c1ccccc1C(F)(F)F. The summed E-state index contributed by atoms with van der Waals surface area (Å²) in [5.74, 6) is -0.219. The molecule has 3 N–H and O–H groups in total. The molecule has 0 saturated carbocycles. The molecule has 2 aromatic rings. The number of carbonyl (C=O) groups is 1. The molecule has 0 aliphatic heterocycles. The third kappa shape index (κ3) is 5.03. The van der Waals surface area contributed by atoms with E-state index in [1.807, 2.05) is 0 Å². The number of halogens is 3. The second kappa shape index (κ2) is 7.65. The van der Waals surface area contributed by atoms with Gasteiger partial charge in [0, 0.05) is 11.3 Å². The normalized spacial score (nSPS) is 12.5. The number of benzene rings is 2. The lowest BCUT2D eigenvalue weighted by Crippen LogP contribution is -2.41. The first-order valence-corrected chi connectivity index (χ1v) is 7.91. The van der Waals surface area contributed by atoms with E-state index in [4.69, 9.17) is 18.0 Å². The maximum atomic E-state index is 13.1. The molecule has 2 rings (SSSR count). The minimum atomic E-state index is -4.52. The second-order valence-corrected chi connectivity index (χ2v) is 6.03. The van der Waals surface area contributed by atoms with Crippen molar-refractivity contribution in [2.45, 2.75) is 25.6 Å². The lowest BCUT2D eigenvalue weighted by atomic mass is 10.0. The van der Waals surface area contributed by atoms with Crippen LogP contribution in [0.4, 0.5) is 18.9 Å². The summed E-state index contributed by atoms with van der Waals surface area (Å²) in [6.45, 7) is 1.37. The molecule has 1 unspecified atom stereocenters. The lowest BCUT2D eigenvalue weighted by molar-refractivity contribution is -0.137. The number of nitrogens with one attached hydrogen (secondary N) is 1. The number of nitrogens with two attached hydrogens (primary N) is 1. The van der Waals surface area contributed by atoms with Gasteiger partial charge in [0.15, 0.2) is 5.78 Å². The van der Waals surface area contributed by atoms with Gasteiger partial charge in [-0.05, 0) is 37.1 Å².